The molecule has 2 aromatic heterocycles. The summed E-state index contributed by atoms with van der Waals surface area (Å²) in [6.45, 7) is 1.86. The van der Waals surface area contributed by atoms with Crippen molar-refractivity contribution in [3.05, 3.63) is 24.0 Å². The van der Waals surface area contributed by atoms with Crippen LogP contribution in [0.5, 0.6) is 0 Å². The van der Waals surface area contributed by atoms with Crippen LogP contribution in [0.1, 0.15) is 6.42 Å². The zero-order chi connectivity index (χ0) is 14.5. The van der Waals surface area contributed by atoms with Crippen LogP contribution in [0, 0.1) is 0 Å². The van der Waals surface area contributed by atoms with Crippen LogP contribution in [-0.2, 0) is 0 Å². The van der Waals surface area contributed by atoms with E-state index in [-0.39, 0.29) is 5.28 Å². The van der Waals surface area contributed by atoms with E-state index in [1.54, 1.807) is 23.3 Å². The van der Waals surface area contributed by atoms with Crippen molar-refractivity contribution in [3.8, 4) is 5.95 Å². The molecule has 0 aliphatic heterocycles. The van der Waals surface area contributed by atoms with Crippen LogP contribution in [0.15, 0.2) is 18.7 Å². The highest BCUT2D eigenvalue weighted by atomic mass is 35.5. The van der Waals surface area contributed by atoms with E-state index in [0.717, 1.165) is 19.5 Å². The number of rotatable bonds is 6. The van der Waals surface area contributed by atoms with Gasteiger partial charge >= 0.3 is 0 Å². The summed E-state index contributed by atoms with van der Waals surface area (Å²) in [6.07, 6.45) is 6.08. The maximum Gasteiger partial charge on any atom is 0.241 e. The number of halogens is 1. The van der Waals surface area contributed by atoms with E-state index in [1.807, 2.05) is 11.9 Å². The Morgan fingerprint density at radius 1 is 1.15 bits per heavy atom. The Bertz CT molecular complexity index is 541. The third-order valence-corrected chi connectivity index (χ3v) is 2.93. The van der Waals surface area contributed by atoms with Crippen LogP contribution in [0.4, 0.5) is 5.95 Å². The lowest BCUT2D eigenvalue weighted by Gasteiger charge is -2.18. The van der Waals surface area contributed by atoms with Crippen molar-refractivity contribution in [2.75, 3.05) is 39.1 Å². The van der Waals surface area contributed by atoms with E-state index in [2.05, 4.69) is 38.9 Å². The third kappa shape index (κ3) is 3.88. The van der Waals surface area contributed by atoms with E-state index in [0.29, 0.717) is 11.9 Å². The summed E-state index contributed by atoms with van der Waals surface area (Å²) < 4.78 is 1.70. The second kappa shape index (κ2) is 6.62. The SMILES string of the molecule is CN(C)CCCN(C)c1nc(Cl)nc(-n2ccnc2)n1. The molecule has 0 aromatic carbocycles. The second-order valence-electron chi connectivity index (χ2n) is 4.75. The Labute approximate surface area is 123 Å². The molecule has 0 radical (unpaired) electrons. The largest absolute Gasteiger partial charge is 0.344 e. The minimum atomic E-state index is 0.179. The summed E-state index contributed by atoms with van der Waals surface area (Å²) in [5.41, 5.74) is 0. The van der Waals surface area contributed by atoms with Gasteiger partial charge in [0.15, 0.2) is 0 Å². The zero-order valence-electron chi connectivity index (χ0n) is 11.9. The average Bonchev–Trinajstić information content (AvgIpc) is 2.91. The van der Waals surface area contributed by atoms with Crippen molar-refractivity contribution in [2.24, 2.45) is 0 Å². The van der Waals surface area contributed by atoms with Crippen molar-refractivity contribution < 1.29 is 0 Å². The lowest BCUT2D eigenvalue weighted by molar-refractivity contribution is 0.401. The van der Waals surface area contributed by atoms with Crippen LogP contribution in [0.3, 0.4) is 0 Å². The molecule has 0 aliphatic rings. The molecule has 0 spiro atoms. The summed E-state index contributed by atoms with van der Waals surface area (Å²) in [6, 6.07) is 0. The first-order valence-corrected chi connectivity index (χ1v) is 6.70. The Hall–Kier alpha value is -1.73. The monoisotopic (exact) mass is 295 g/mol. The fourth-order valence-corrected chi connectivity index (χ4v) is 1.87. The van der Waals surface area contributed by atoms with Gasteiger partial charge in [0.05, 0.1) is 0 Å². The van der Waals surface area contributed by atoms with Gasteiger partial charge in [-0.25, -0.2) is 4.98 Å². The summed E-state index contributed by atoms with van der Waals surface area (Å²) in [5.74, 6) is 1.03. The minimum absolute atomic E-state index is 0.179. The van der Waals surface area contributed by atoms with E-state index in [1.165, 1.54) is 0 Å². The first-order valence-electron chi connectivity index (χ1n) is 6.32. The second-order valence-corrected chi connectivity index (χ2v) is 5.09. The van der Waals surface area contributed by atoms with E-state index < -0.39 is 0 Å². The molecule has 2 heterocycles. The predicted octanol–water partition coefficient (Wildman–Crippen LogP) is 1.10. The quantitative estimate of drug-likeness (QED) is 0.795. The highest BCUT2D eigenvalue weighted by Gasteiger charge is 2.10. The standard InChI is InChI=1S/C12H18ClN7/c1-18(2)6-4-7-19(3)11-15-10(13)16-12(17-11)20-8-5-14-9-20/h5,8-9H,4,6-7H2,1-3H3. The van der Waals surface area contributed by atoms with Gasteiger partial charge in [-0.05, 0) is 38.7 Å². The first-order chi connectivity index (χ1) is 9.56. The normalized spacial score (nSPS) is 11.1. The van der Waals surface area contributed by atoms with Gasteiger partial charge in [-0.2, -0.15) is 15.0 Å². The highest BCUT2D eigenvalue weighted by molar-refractivity contribution is 6.28. The van der Waals surface area contributed by atoms with Crippen molar-refractivity contribution in [3.63, 3.8) is 0 Å². The van der Waals surface area contributed by atoms with Gasteiger partial charge in [0, 0.05) is 26.0 Å². The maximum atomic E-state index is 5.96. The molecule has 0 bridgehead atoms. The first kappa shape index (κ1) is 14.7. The Morgan fingerprint density at radius 2 is 1.95 bits per heavy atom. The van der Waals surface area contributed by atoms with Crippen LogP contribution in [0.25, 0.3) is 5.95 Å². The van der Waals surface area contributed by atoms with Crippen LogP contribution >= 0.6 is 11.6 Å². The smallest absolute Gasteiger partial charge is 0.241 e. The molecular formula is C12H18ClN7. The molecule has 108 valence electrons. The molecule has 2 aromatic rings. The molecular weight excluding hydrogens is 278 g/mol. The Morgan fingerprint density at radius 3 is 2.60 bits per heavy atom. The molecule has 0 saturated heterocycles. The molecule has 7 nitrogen and oxygen atoms in total. The molecule has 0 atom stereocenters. The molecule has 2 rings (SSSR count). The molecule has 0 fully saturated rings. The number of hydrogen-bond donors (Lipinski definition) is 0. The molecule has 0 unspecified atom stereocenters. The molecule has 0 N–H and O–H groups in total. The number of hydrogen-bond acceptors (Lipinski definition) is 6. The van der Waals surface area contributed by atoms with Crippen molar-refractivity contribution in [2.45, 2.75) is 6.42 Å². The molecule has 8 heteroatoms. The van der Waals surface area contributed by atoms with Crippen molar-refractivity contribution in [1.82, 2.24) is 29.4 Å². The van der Waals surface area contributed by atoms with Gasteiger partial charge in [0.1, 0.15) is 6.33 Å². The molecule has 0 aliphatic carbocycles. The Balaban J connectivity index is 2.11. The molecule has 0 saturated carbocycles. The number of imidazole rings is 1. The van der Waals surface area contributed by atoms with Gasteiger partial charge in [0.25, 0.3) is 0 Å². The van der Waals surface area contributed by atoms with Crippen LogP contribution in [0.2, 0.25) is 5.28 Å². The molecule has 20 heavy (non-hydrogen) atoms. The zero-order valence-corrected chi connectivity index (χ0v) is 12.6. The summed E-state index contributed by atoms with van der Waals surface area (Å²) in [7, 11) is 6.05. The molecule has 0 amide bonds. The maximum absolute atomic E-state index is 5.96. The summed E-state index contributed by atoms with van der Waals surface area (Å²) >= 11 is 5.96. The number of aromatic nitrogens is 5. The fraction of sp³-hybridized carbons (Fsp3) is 0.500. The lowest BCUT2D eigenvalue weighted by Crippen LogP contribution is -2.25. The fourth-order valence-electron chi connectivity index (χ4n) is 1.72. The van der Waals surface area contributed by atoms with Crippen molar-refractivity contribution in [1.29, 1.82) is 0 Å². The van der Waals surface area contributed by atoms with Crippen LogP contribution < -0.4 is 4.90 Å². The van der Waals surface area contributed by atoms with E-state index in [4.69, 9.17) is 11.6 Å². The van der Waals surface area contributed by atoms with Gasteiger partial charge in [-0.1, -0.05) is 0 Å². The van der Waals surface area contributed by atoms with Gasteiger partial charge < -0.3 is 9.80 Å². The van der Waals surface area contributed by atoms with E-state index >= 15 is 0 Å². The third-order valence-electron chi connectivity index (χ3n) is 2.76. The predicted molar refractivity (Wildman–Crippen MR) is 78.4 cm³/mol. The summed E-state index contributed by atoms with van der Waals surface area (Å²) in [4.78, 5) is 20.7. The number of anilines is 1. The highest BCUT2D eigenvalue weighted by Crippen LogP contribution is 2.12. The number of nitrogens with zero attached hydrogens (tertiary/aromatic N) is 7. The average molecular weight is 296 g/mol. The summed E-state index contributed by atoms with van der Waals surface area (Å²) in [5, 5.41) is 0.179. The van der Waals surface area contributed by atoms with E-state index in [9.17, 15) is 0 Å². The Kier molecular flexibility index (Phi) is 4.86. The van der Waals surface area contributed by atoms with Crippen molar-refractivity contribution >= 4 is 17.5 Å². The van der Waals surface area contributed by atoms with Gasteiger partial charge in [-0.15, -0.1) is 0 Å². The van der Waals surface area contributed by atoms with Gasteiger partial charge in [0.2, 0.25) is 17.2 Å². The lowest BCUT2D eigenvalue weighted by atomic mass is 10.4. The topological polar surface area (TPSA) is 63.0 Å². The van der Waals surface area contributed by atoms with Crippen LogP contribution in [-0.4, -0.2) is 63.6 Å². The van der Waals surface area contributed by atoms with Gasteiger partial charge in [-0.3, -0.25) is 4.57 Å². The minimum Gasteiger partial charge on any atom is -0.344 e.